The second-order valence-electron chi connectivity index (χ2n) is 8.93. The normalized spacial score (nSPS) is 13.1. The Morgan fingerprint density at radius 2 is 1.69 bits per heavy atom. The van der Waals surface area contributed by atoms with E-state index in [0.717, 1.165) is 39.1 Å². The molecule has 0 aliphatic heterocycles. The number of benzene rings is 2. The third-order valence-electron chi connectivity index (χ3n) is 6.01. The van der Waals surface area contributed by atoms with Crippen molar-refractivity contribution in [3.05, 3.63) is 57.1 Å². The molecule has 2 rings (SSSR count). The van der Waals surface area contributed by atoms with E-state index < -0.39 is 32.9 Å². The molecule has 0 saturated heterocycles. The summed E-state index contributed by atoms with van der Waals surface area (Å²) >= 11 is 0. The maximum atomic E-state index is 13.5. The van der Waals surface area contributed by atoms with Crippen LogP contribution in [0.25, 0.3) is 0 Å². The average Bonchev–Trinajstić information content (AvgIpc) is 2.80. The highest BCUT2D eigenvalue weighted by Gasteiger charge is 2.35. The lowest BCUT2D eigenvalue weighted by atomic mass is 9.93. The number of carbonyl (C=O) groups is 1. The molecule has 0 saturated carbocycles. The molecule has 0 aromatic heterocycles. The van der Waals surface area contributed by atoms with E-state index >= 15 is 0 Å². The van der Waals surface area contributed by atoms with Crippen LogP contribution in [0.3, 0.4) is 0 Å². The zero-order chi connectivity index (χ0) is 27.4. The van der Waals surface area contributed by atoms with Crippen LogP contribution >= 0.6 is 0 Å². The third kappa shape index (κ3) is 6.26. The lowest BCUT2D eigenvalue weighted by molar-refractivity contribution is -0.384. The summed E-state index contributed by atoms with van der Waals surface area (Å²) in [7, 11) is -1.09. The van der Waals surface area contributed by atoms with E-state index in [1.54, 1.807) is 14.0 Å². The van der Waals surface area contributed by atoms with Crippen LogP contribution in [0.4, 0.5) is 11.4 Å². The molecule has 0 bridgehead atoms. The quantitative estimate of drug-likeness (QED) is 0.341. The van der Waals surface area contributed by atoms with Crippen molar-refractivity contribution in [2.24, 2.45) is 0 Å². The van der Waals surface area contributed by atoms with Crippen molar-refractivity contribution in [1.29, 1.82) is 0 Å². The van der Waals surface area contributed by atoms with Gasteiger partial charge in [0.15, 0.2) is 0 Å². The summed E-state index contributed by atoms with van der Waals surface area (Å²) in [6.07, 6.45) is 1.07. The number of rotatable bonds is 11. The first-order valence-electron chi connectivity index (χ1n) is 11.6. The number of hydrogen-bond acceptors (Lipinski definition) is 7. The van der Waals surface area contributed by atoms with Crippen LogP contribution in [0.5, 0.6) is 11.5 Å². The number of carbonyl (C=O) groups excluding carboxylic acids is 1. The second kappa shape index (κ2) is 11.6. The Labute approximate surface area is 212 Å². The van der Waals surface area contributed by atoms with Crippen molar-refractivity contribution < 1.29 is 27.6 Å². The minimum Gasteiger partial charge on any atom is -0.496 e. The van der Waals surface area contributed by atoms with Crippen LogP contribution in [0.1, 0.15) is 62.8 Å². The molecule has 0 fully saturated rings. The van der Waals surface area contributed by atoms with Crippen LogP contribution in [0, 0.1) is 17.0 Å². The lowest BCUT2D eigenvalue weighted by Gasteiger charge is -2.32. The molecule has 0 radical (unpaired) electrons. The Morgan fingerprint density at radius 3 is 2.17 bits per heavy atom. The molecular weight excluding hydrogens is 486 g/mol. The van der Waals surface area contributed by atoms with E-state index in [1.165, 1.54) is 19.2 Å². The first-order valence-corrected chi connectivity index (χ1v) is 13.4. The summed E-state index contributed by atoms with van der Waals surface area (Å²) in [5, 5.41) is 14.3. The number of ether oxygens (including phenoxy) is 2. The van der Waals surface area contributed by atoms with Gasteiger partial charge in [0.2, 0.25) is 15.9 Å². The topological polar surface area (TPSA) is 128 Å². The highest BCUT2D eigenvalue weighted by atomic mass is 32.2. The summed E-state index contributed by atoms with van der Waals surface area (Å²) < 4.78 is 37.5. The fourth-order valence-corrected chi connectivity index (χ4v) is 5.40. The van der Waals surface area contributed by atoms with E-state index in [2.05, 4.69) is 5.32 Å². The molecule has 1 amide bonds. The summed E-state index contributed by atoms with van der Waals surface area (Å²) in [5.41, 5.74) is 2.38. The molecule has 0 unspecified atom stereocenters. The fourth-order valence-electron chi connectivity index (χ4n) is 4.20. The second-order valence-corrected chi connectivity index (χ2v) is 10.8. The van der Waals surface area contributed by atoms with Gasteiger partial charge in [-0.25, -0.2) is 8.42 Å². The highest BCUT2D eigenvalue weighted by Crippen LogP contribution is 2.36. The van der Waals surface area contributed by atoms with Crippen LogP contribution < -0.4 is 19.1 Å². The zero-order valence-electron chi connectivity index (χ0n) is 22.0. The van der Waals surface area contributed by atoms with Crippen molar-refractivity contribution in [1.82, 2.24) is 5.32 Å². The largest absolute Gasteiger partial charge is 0.496 e. The van der Waals surface area contributed by atoms with Gasteiger partial charge in [-0.2, -0.15) is 0 Å². The fraction of sp³-hybridized carbons (Fsp3) is 0.480. The van der Waals surface area contributed by atoms with Gasteiger partial charge in [0, 0.05) is 12.1 Å². The maximum Gasteiger partial charge on any atom is 0.271 e. The summed E-state index contributed by atoms with van der Waals surface area (Å²) in [6.45, 7) is 9.50. The zero-order valence-corrected chi connectivity index (χ0v) is 22.8. The summed E-state index contributed by atoms with van der Waals surface area (Å²) in [5.74, 6) is 0.507. The van der Waals surface area contributed by atoms with Gasteiger partial charge in [-0.15, -0.1) is 0 Å². The smallest absolute Gasteiger partial charge is 0.271 e. The number of nitro benzene ring substituents is 1. The number of aryl methyl sites for hydroxylation is 1. The summed E-state index contributed by atoms with van der Waals surface area (Å²) in [6, 6.07) is 5.92. The summed E-state index contributed by atoms with van der Waals surface area (Å²) in [4.78, 5) is 24.2. The third-order valence-corrected chi connectivity index (χ3v) is 7.17. The van der Waals surface area contributed by atoms with Crippen molar-refractivity contribution in [2.45, 2.75) is 59.0 Å². The van der Waals surface area contributed by atoms with Gasteiger partial charge in [-0.1, -0.05) is 20.8 Å². The van der Waals surface area contributed by atoms with Crippen molar-refractivity contribution >= 4 is 27.3 Å². The monoisotopic (exact) mass is 521 g/mol. The molecule has 0 aliphatic rings. The number of nitrogens with one attached hydrogen (secondary N) is 1. The Morgan fingerprint density at radius 1 is 1.08 bits per heavy atom. The number of hydrogen-bond donors (Lipinski definition) is 1. The number of anilines is 1. The average molecular weight is 522 g/mol. The Bertz CT molecular complexity index is 1230. The Kier molecular flexibility index (Phi) is 9.31. The highest BCUT2D eigenvalue weighted by molar-refractivity contribution is 7.92. The minimum atomic E-state index is -4.03. The van der Waals surface area contributed by atoms with Crippen molar-refractivity contribution in [2.75, 3.05) is 24.8 Å². The lowest BCUT2D eigenvalue weighted by Crippen LogP contribution is -2.50. The minimum absolute atomic E-state index is 0.0772. The first-order chi connectivity index (χ1) is 16.8. The Balaban J connectivity index is 2.52. The molecule has 1 N–H and O–H groups in total. The number of sulfonamides is 1. The standard InChI is InChI=1S/C25H35N3O7S/c1-9-21(27(36(8,32)33)22-13-18(28(30)31)10-11-23(22)34-6)25(29)26-17(5)20-14-19(15(2)3)24(35-7)12-16(20)4/h10-15,17,21H,9H2,1-8H3,(H,26,29)/t17-,21+/m1/s1. The molecule has 0 spiro atoms. The van der Waals surface area contributed by atoms with Gasteiger partial charge in [0.25, 0.3) is 5.69 Å². The molecule has 10 nitrogen and oxygen atoms in total. The Hall–Kier alpha value is -3.34. The number of methoxy groups -OCH3 is 2. The molecule has 0 aliphatic carbocycles. The molecule has 2 aromatic rings. The molecule has 36 heavy (non-hydrogen) atoms. The SMILES string of the molecule is CC[C@@H](C(=O)N[C@H](C)c1cc(C(C)C)c(OC)cc1C)N(c1cc([N+](=O)[O-])ccc1OC)S(C)(=O)=O. The van der Waals surface area contributed by atoms with Crippen LogP contribution in [0.2, 0.25) is 0 Å². The predicted molar refractivity (Wildman–Crippen MR) is 139 cm³/mol. The first kappa shape index (κ1) is 28.9. The van der Waals surface area contributed by atoms with E-state index in [9.17, 15) is 23.3 Å². The van der Waals surface area contributed by atoms with E-state index in [1.807, 2.05) is 39.8 Å². The van der Waals surface area contributed by atoms with Gasteiger partial charge < -0.3 is 14.8 Å². The molecule has 11 heteroatoms. The van der Waals surface area contributed by atoms with Gasteiger partial charge >= 0.3 is 0 Å². The molecular formula is C25H35N3O7S. The van der Waals surface area contributed by atoms with Gasteiger partial charge in [-0.05, 0) is 61.1 Å². The number of nitrogens with zero attached hydrogens (tertiary/aromatic N) is 2. The van der Waals surface area contributed by atoms with Crippen LogP contribution in [0.15, 0.2) is 30.3 Å². The number of amides is 1. The predicted octanol–water partition coefficient (Wildman–Crippen LogP) is 4.47. The van der Waals surface area contributed by atoms with E-state index in [-0.39, 0.29) is 29.5 Å². The molecule has 2 atom stereocenters. The van der Waals surface area contributed by atoms with E-state index in [4.69, 9.17) is 9.47 Å². The molecule has 2 aromatic carbocycles. The number of nitro groups is 1. The van der Waals surface area contributed by atoms with Gasteiger partial charge in [0.05, 0.1) is 31.4 Å². The van der Waals surface area contributed by atoms with Crippen LogP contribution in [-0.4, -0.2) is 45.8 Å². The van der Waals surface area contributed by atoms with Gasteiger partial charge in [0.1, 0.15) is 23.2 Å². The van der Waals surface area contributed by atoms with Crippen molar-refractivity contribution in [3.63, 3.8) is 0 Å². The van der Waals surface area contributed by atoms with Gasteiger partial charge in [-0.3, -0.25) is 19.2 Å². The van der Waals surface area contributed by atoms with Crippen LogP contribution in [-0.2, 0) is 14.8 Å². The molecule has 0 heterocycles. The molecule has 198 valence electrons. The van der Waals surface area contributed by atoms with E-state index in [0.29, 0.717) is 0 Å². The maximum absolute atomic E-state index is 13.5. The van der Waals surface area contributed by atoms with Crippen molar-refractivity contribution in [3.8, 4) is 11.5 Å². The number of non-ortho nitro benzene ring substituents is 1.